The molecule has 0 aliphatic heterocycles. The van der Waals surface area contributed by atoms with Crippen molar-refractivity contribution < 1.29 is 4.74 Å². The van der Waals surface area contributed by atoms with Gasteiger partial charge in [-0.3, -0.25) is 0 Å². The maximum atomic E-state index is 6.17. The Balaban J connectivity index is 2.13. The van der Waals surface area contributed by atoms with Gasteiger partial charge in [-0.25, -0.2) is 9.97 Å². The molecule has 2 N–H and O–H groups in total. The van der Waals surface area contributed by atoms with E-state index in [2.05, 4.69) is 27.7 Å². The summed E-state index contributed by atoms with van der Waals surface area (Å²) in [5.74, 6) is 0.573. The Kier molecular flexibility index (Phi) is 3.71. The van der Waals surface area contributed by atoms with E-state index in [-0.39, 0.29) is 6.04 Å². The molecule has 0 bridgehead atoms. The number of thiophene rings is 1. The highest BCUT2D eigenvalue weighted by molar-refractivity contribution is 7.08. The van der Waals surface area contributed by atoms with Gasteiger partial charge in [-0.05, 0) is 28.8 Å². The predicted octanol–water partition coefficient (Wildman–Crippen LogP) is 2.10. The number of hydrogen-bond donors (Lipinski definition) is 1. The van der Waals surface area contributed by atoms with Gasteiger partial charge in [0.2, 0.25) is 5.88 Å². The molecule has 0 aliphatic carbocycles. The molecule has 0 radical (unpaired) electrons. The Morgan fingerprint density at radius 3 is 2.88 bits per heavy atom. The zero-order valence-electron chi connectivity index (χ0n) is 9.88. The first kappa shape index (κ1) is 12.0. The van der Waals surface area contributed by atoms with Crippen molar-refractivity contribution in [1.29, 1.82) is 0 Å². The molecule has 2 rings (SSSR count). The van der Waals surface area contributed by atoms with Crippen molar-refractivity contribution in [3.05, 3.63) is 40.0 Å². The summed E-state index contributed by atoms with van der Waals surface area (Å²) in [5.41, 5.74) is 9.49. The van der Waals surface area contributed by atoms with E-state index < -0.39 is 0 Å². The zero-order valence-corrected chi connectivity index (χ0v) is 10.7. The van der Waals surface area contributed by atoms with Crippen molar-refractivity contribution in [2.45, 2.75) is 19.4 Å². The van der Waals surface area contributed by atoms with Gasteiger partial charge in [0.15, 0.2) is 0 Å². The van der Waals surface area contributed by atoms with E-state index in [9.17, 15) is 0 Å². The Bertz CT molecular complexity index is 498. The molecule has 2 heterocycles. The molecule has 1 atom stereocenters. The van der Waals surface area contributed by atoms with Crippen LogP contribution >= 0.6 is 11.3 Å². The van der Waals surface area contributed by atoms with Crippen LogP contribution in [0.4, 0.5) is 0 Å². The minimum absolute atomic E-state index is 0.0270. The van der Waals surface area contributed by atoms with Crippen LogP contribution in [0.1, 0.15) is 22.9 Å². The lowest BCUT2D eigenvalue weighted by atomic mass is 10.0. The fraction of sp³-hybridized carbons (Fsp3) is 0.333. The third-order valence-corrected chi connectivity index (χ3v) is 3.51. The Morgan fingerprint density at radius 2 is 2.24 bits per heavy atom. The molecular formula is C12H15N3OS. The van der Waals surface area contributed by atoms with E-state index in [1.54, 1.807) is 18.4 Å². The van der Waals surface area contributed by atoms with Gasteiger partial charge in [-0.1, -0.05) is 0 Å². The van der Waals surface area contributed by atoms with Crippen LogP contribution in [-0.2, 0) is 6.42 Å². The number of ether oxygens (including phenoxy) is 1. The molecule has 2 aromatic heterocycles. The molecule has 90 valence electrons. The van der Waals surface area contributed by atoms with Crippen LogP contribution in [0.2, 0.25) is 0 Å². The van der Waals surface area contributed by atoms with Gasteiger partial charge in [0.25, 0.3) is 0 Å². The van der Waals surface area contributed by atoms with Crippen molar-refractivity contribution in [3.63, 3.8) is 0 Å². The quantitative estimate of drug-likeness (QED) is 0.901. The normalized spacial score (nSPS) is 12.4. The second-order valence-electron chi connectivity index (χ2n) is 3.87. The van der Waals surface area contributed by atoms with Crippen molar-refractivity contribution >= 4 is 11.3 Å². The summed E-state index contributed by atoms with van der Waals surface area (Å²) in [6, 6.07) is 1.79. The average molecular weight is 249 g/mol. The van der Waals surface area contributed by atoms with Crippen LogP contribution in [-0.4, -0.2) is 17.1 Å². The summed E-state index contributed by atoms with van der Waals surface area (Å²) in [5, 5.41) is 4.20. The number of hydrogen-bond acceptors (Lipinski definition) is 5. The summed E-state index contributed by atoms with van der Waals surface area (Å²) in [6.07, 6.45) is 2.19. The number of nitrogens with zero attached hydrogens (tertiary/aromatic N) is 2. The smallest absolute Gasteiger partial charge is 0.216 e. The average Bonchev–Trinajstić information content (AvgIpc) is 2.76. The highest BCUT2D eigenvalue weighted by Crippen LogP contribution is 2.23. The zero-order chi connectivity index (χ0) is 12.3. The Hall–Kier alpha value is -1.46. The van der Waals surface area contributed by atoms with Gasteiger partial charge >= 0.3 is 0 Å². The summed E-state index contributed by atoms with van der Waals surface area (Å²) < 4.78 is 5.06. The number of methoxy groups -OCH3 is 1. The molecule has 17 heavy (non-hydrogen) atoms. The fourth-order valence-electron chi connectivity index (χ4n) is 1.69. The summed E-state index contributed by atoms with van der Waals surface area (Å²) in [6.45, 7) is 2.08. The topological polar surface area (TPSA) is 61.0 Å². The molecule has 0 fully saturated rings. The van der Waals surface area contributed by atoms with E-state index in [0.29, 0.717) is 12.3 Å². The molecule has 0 spiro atoms. The third kappa shape index (κ3) is 2.81. The lowest BCUT2D eigenvalue weighted by Gasteiger charge is -2.11. The molecular weight excluding hydrogens is 234 g/mol. The van der Waals surface area contributed by atoms with Gasteiger partial charge in [0.05, 0.1) is 7.11 Å². The molecule has 0 saturated carbocycles. The first-order chi connectivity index (χ1) is 8.20. The predicted molar refractivity (Wildman–Crippen MR) is 68.3 cm³/mol. The second-order valence-corrected chi connectivity index (χ2v) is 4.62. The lowest BCUT2D eigenvalue weighted by Crippen LogP contribution is -2.14. The number of nitrogens with two attached hydrogens (primary N) is 1. The highest BCUT2D eigenvalue weighted by Gasteiger charge is 2.12. The fourth-order valence-corrected chi connectivity index (χ4v) is 2.60. The van der Waals surface area contributed by atoms with Gasteiger partial charge < -0.3 is 10.5 Å². The molecule has 0 amide bonds. The first-order valence-electron chi connectivity index (χ1n) is 5.34. The van der Waals surface area contributed by atoms with E-state index in [0.717, 1.165) is 5.69 Å². The van der Waals surface area contributed by atoms with E-state index in [1.807, 2.05) is 6.07 Å². The summed E-state index contributed by atoms with van der Waals surface area (Å²) in [4.78, 5) is 8.17. The van der Waals surface area contributed by atoms with Crippen molar-refractivity contribution in [2.75, 3.05) is 7.11 Å². The molecule has 0 saturated heterocycles. The molecule has 0 aromatic carbocycles. The van der Waals surface area contributed by atoms with Crippen molar-refractivity contribution in [1.82, 2.24) is 9.97 Å². The van der Waals surface area contributed by atoms with Gasteiger partial charge in [-0.2, -0.15) is 11.3 Å². The van der Waals surface area contributed by atoms with Crippen LogP contribution in [0.3, 0.4) is 0 Å². The van der Waals surface area contributed by atoms with Crippen molar-refractivity contribution in [2.24, 2.45) is 5.73 Å². The Morgan fingerprint density at radius 1 is 1.41 bits per heavy atom. The number of rotatable bonds is 4. The molecule has 1 unspecified atom stereocenters. The second kappa shape index (κ2) is 5.25. The van der Waals surface area contributed by atoms with Crippen LogP contribution in [0.25, 0.3) is 0 Å². The largest absolute Gasteiger partial charge is 0.481 e. The lowest BCUT2D eigenvalue weighted by molar-refractivity contribution is 0.395. The van der Waals surface area contributed by atoms with Crippen molar-refractivity contribution in [3.8, 4) is 5.88 Å². The number of aromatic nitrogens is 2. The minimum atomic E-state index is -0.0270. The standard InChI is InChI=1S/C12H15N3OS/c1-8-5-17-6-10(8)11(13)3-9-4-12(16-2)15-7-14-9/h4-7,11H,3,13H2,1-2H3. The molecule has 2 aromatic rings. The van der Waals surface area contributed by atoms with Gasteiger partial charge in [-0.15, -0.1) is 0 Å². The highest BCUT2D eigenvalue weighted by atomic mass is 32.1. The number of aryl methyl sites for hydroxylation is 1. The van der Waals surface area contributed by atoms with Crippen LogP contribution in [0.15, 0.2) is 23.2 Å². The van der Waals surface area contributed by atoms with E-state index in [1.165, 1.54) is 17.5 Å². The van der Waals surface area contributed by atoms with Gasteiger partial charge in [0, 0.05) is 24.2 Å². The summed E-state index contributed by atoms with van der Waals surface area (Å²) in [7, 11) is 1.59. The van der Waals surface area contributed by atoms with Crippen LogP contribution in [0.5, 0.6) is 5.88 Å². The van der Waals surface area contributed by atoms with E-state index >= 15 is 0 Å². The molecule has 4 nitrogen and oxygen atoms in total. The monoisotopic (exact) mass is 249 g/mol. The van der Waals surface area contributed by atoms with Crippen LogP contribution in [0, 0.1) is 6.92 Å². The van der Waals surface area contributed by atoms with Crippen LogP contribution < -0.4 is 10.5 Å². The molecule has 0 aliphatic rings. The SMILES string of the molecule is COc1cc(CC(N)c2cscc2C)ncn1. The minimum Gasteiger partial charge on any atom is -0.481 e. The summed E-state index contributed by atoms with van der Waals surface area (Å²) >= 11 is 1.68. The maximum Gasteiger partial charge on any atom is 0.216 e. The molecule has 5 heteroatoms. The first-order valence-corrected chi connectivity index (χ1v) is 6.28. The maximum absolute atomic E-state index is 6.17. The third-order valence-electron chi connectivity index (χ3n) is 2.63. The van der Waals surface area contributed by atoms with Gasteiger partial charge in [0.1, 0.15) is 6.33 Å². The van der Waals surface area contributed by atoms with E-state index in [4.69, 9.17) is 10.5 Å². The Labute approximate surface area is 104 Å².